The summed E-state index contributed by atoms with van der Waals surface area (Å²) in [7, 11) is 0. The van der Waals surface area contributed by atoms with Gasteiger partial charge in [-0.1, -0.05) is 159 Å². The van der Waals surface area contributed by atoms with Gasteiger partial charge in [-0.3, -0.25) is 0 Å². The first-order chi connectivity index (χ1) is 21.2. The molecule has 6 aromatic carbocycles. The molecule has 0 amide bonds. The van der Waals surface area contributed by atoms with Gasteiger partial charge in [-0.15, -0.1) is 0 Å². The molecule has 0 aliphatic heterocycles. The van der Waals surface area contributed by atoms with Gasteiger partial charge in [0.2, 0.25) is 0 Å². The normalized spacial score (nSPS) is 12.7. The fraction of sp³-hybridized carbons (Fsp3) is 0.0698. The van der Waals surface area contributed by atoms with Crippen LogP contribution in [0.2, 0.25) is 0 Å². The molecule has 0 fully saturated rings. The first-order valence-corrected chi connectivity index (χ1v) is 15.0. The smallest absolute Gasteiger partial charge is 0.0296 e. The zero-order valence-electron chi connectivity index (χ0n) is 24.3. The highest BCUT2D eigenvalue weighted by atomic mass is 14.5. The second-order valence-electron chi connectivity index (χ2n) is 11.6. The van der Waals surface area contributed by atoms with Crippen LogP contribution in [0.3, 0.4) is 0 Å². The second kappa shape index (κ2) is 11.2. The Labute approximate surface area is 255 Å². The summed E-state index contributed by atoms with van der Waals surface area (Å²) in [6.45, 7) is 7.95. The molecule has 43 heavy (non-hydrogen) atoms. The lowest BCUT2D eigenvalue weighted by atomic mass is 9.69. The van der Waals surface area contributed by atoms with Gasteiger partial charge in [0, 0.05) is 5.41 Å². The fourth-order valence-electron chi connectivity index (χ4n) is 6.80. The maximum Gasteiger partial charge on any atom is 0.0296 e. The predicted molar refractivity (Wildman–Crippen MR) is 184 cm³/mol. The lowest BCUT2D eigenvalue weighted by Gasteiger charge is -2.34. The van der Waals surface area contributed by atoms with Crippen molar-refractivity contribution in [3.63, 3.8) is 0 Å². The third kappa shape index (κ3) is 4.96. The minimum absolute atomic E-state index is 0.258. The number of fused-ring (bicyclic) bond motifs is 3. The molecule has 1 aliphatic carbocycles. The third-order valence-corrected chi connectivity index (χ3v) is 9.02. The van der Waals surface area contributed by atoms with E-state index in [1.165, 1.54) is 55.6 Å². The van der Waals surface area contributed by atoms with Crippen LogP contribution in [0.1, 0.15) is 33.4 Å². The average molecular weight is 551 g/mol. The molecule has 7 rings (SSSR count). The SMILES string of the molecule is C=Cc1ccc(CC2(Cc3ccc(C=C)cc3)c3cc(-c4ccccc4)ccc3-c3ccc(-c4ccccc4)cc32)cc1. The molecule has 0 spiro atoms. The van der Waals surface area contributed by atoms with Crippen molar-refractivity contribution in [3.8, 4) is 33.4 Å². The largest absolute Gasteiger partial charge is 0.0985 e. The van der Waals surface area contributed by atoms with Crippen LogP contribution in [0.4, 0.5) is 0 Å². The van der Waals surface area contributed by atoms with E-state index in [9.17, 15) is 0 Å². The van der Waals surface area contributed by atoms with Crippen molar-refractivity contribution >= 4 is 12.2 Å². The van der Waals surface area contributed by atoms with Gasteiger partial charge in [0.1, 0.15) is 0 Å². The Morgan fingerprint density at radius 3 is 1.19 bits per heavy atom. The van der Waals surface area contributed by atoms with E-state index in [4.69, 9.17) is 0 Å². The lowest BCUT2D eigenvalue weighted by molar-refractivity contribution is 0.520. The lowest BCUT2D eigenvalue weighted by Crippen LogP contribution is -2.31. The van der Waals surface area contributed by atoms with Gasteiger partial charge in [0.25, 0.3) is 0 Å². The summed E-state index contributed by atoms with van der Waals surface area (Å²) in [5.41, 5.74) is 15.1. The second-order valence-corrected chi connectivity index (χ2v) is 11.6. The Morgan fingerprint density at radius 2 is 0.814 bits per heavy atom. The number of hydrogen-bond donors (Lipinski definition) is 0. The Kier molecular flexibility index (Phi) is 6.97. The zero-order valence-corrected chi connectivity index (χ0v) is 24.3. The van der Waals surface area contributed by atoms with Crippen molar-refractivity contribution in [1.29, 1.82) is 0 Å². The van der Waals surface area contributed by atoms with Crippen LogP contribution >= 0.6 is 0 Å². The molecule has 0 aromatic heterocycles. The minimum atomic E-state index is -0.258. The molecule has 0 heterocycles. The van der Waals surface area contributed by atoms with E-state index in [0.717, 1.165) is 24.0 Å². The van der Waals surface area contributed by atoms with E-state index in [-0.39, 0.29) is 5.41 Å². The number of rotatable bonds is 8. The molecule has 0 heteroatoms. The maximum absolute atomic E-state index is 3.98. The minimum Gasteiger partial charge on any atom is -0.0985 e. The highest BCUT2D eigenvalue weighted by Gasteiger charge is 2.43. The molecule has 1 aliphatic rings. The Balaban J connectivity index is 1.48. The van der Waals surface area contributed by atoms with Crippen LogP contribution in [0.25, 0.3) is 45.5 Å². The van der Waals surface area contributed by atoms with E-state index in [1.807, 2.05) is 12.2 Å². The Bertz CT molecular complexity index is 1760. The first kappa shape index (κ1) is 26.7. The molecule has 0 N–H and O–H groups in total. The topological polar surface area (TPSA) is 0 Å². The molecule has 0 unspecified atom stereocenters. The molecule has 0 nitrogen and oxygen atoms in total. The van der Waals surface area contributed by atoms with Crippen LogP contribution in [0.5, 0.6) is 0 Å². The summed E-state index contributed by atoms with van der Waals surface area (Å²) in [5, 5.41) is 0. The number of benzene rings is 6. The third-order valence-electron chi connectivity index (χ3n) is 9.02. The molecule has 0 radical (unpaired) electrons. The summed E-state index contributed by atoms with van der Waals surface area (Å²) in [6.07, 6.45) is 5.62. The molecular formula is C43H34. The molecule has 6 aromatic rings. The molecule has 0 saturated carbocycles. The standard InChI is InChI=1S/C43H34/c1-3-31-15-19-33(20-16-31)29-43(30-34-21-17-32(4-2)18-22-34)41-27-37(35-11-7-5-8-12-35)23-25-39(41)40-26-24-38(28-42(40)43)36-13-9-6-10-14-36/h3-28H,1-2,29-30H2. The Morgan fingerprint density at radius 1 is 0.419 bits per heavy atom. The van der Waals surface area contributed by atoms with E-state index in [0.29, 0.717) is 0 Å². The van der Waals surface area contributed by atoms with Gasteiger partial charge in [-0.25, -0.2) is 0 Å². The van der Waals surface area contributed by atoms with E-state index < -0.39 is 0 Å². The molecule has 0 atom stereocenters. The average Bonchev–Trinajstić information content (AvgIpc) is 3.34. The monoisotopic (exact) mass is 550 g/mol. The molecular weight excluding hydrogens is 516 g/mol. The van der Waals surface area contributed by atoms with E-state index in [2.05, 4.69) is 159 Å². The van der Waals surface area contributed by atoms with Crippen LogP contribution in [0, 0.1) is 0 Å². The van der Waals surface area contributed by atoms with E-state index in [1.54, 1.807) is 0 Å². The van der Waals surface area contributed by atoms with Crippen molar-refractivity contribution in [2.45, 2.75) is 18.3 Å². The number of hydrogen-bond acceptors (Lipinski definition) is 0. The summed E-state index contributed by atoms with van der Waals surface area (Å²) >= 11 is 0. The van der Waals surface area contributed by atoms with Crippen LogP contribution in [-0.2, 0) is 18.3 Å². The first-order valence-electron chi connectivity index (χ1n) is 15.0. The summed E-state index contributed by atoms with van der Waals surface area (Å²) in [6, 6.07) is 53.6. The highest BCUT2D eigenvalue weighted by Crippen LogP contribution is 2.54. The summed E-state index contributed by atoms with van der Waals surface area (Å²) in [4.78, 5) is 0. The van der Waals surface area contributed by atoms with Crippen LogP contribution in [-0.4, -0.2) is 0 Å². The molecule has 206 valence electrons. The van der Waals surface area contributed by atoms with E-state index >= 15 is 0 Å². The van der Waals surface area contributed by atoms with Gasteiger partial charge in [0.15, 0.2) is 0 Å². The molecule has 0 saturated heterocycles. The van der Waals surface area contributed by atoms with Crippen molar-refractivity contribution < 1.29 is 0 Å². The van der Waals surface area contributed by atoms with Crippen molar-refractivity contribution in [3.05, 3.63) is 192 Å². The van der Waals surface area contributed by atoms with Gasteiger partial charge in [-0.05, 0) is 91.7 Å². The quantitative estimate of drug-likeness (QED) is 0.177. The Hall–Kier alpha value is -5.20. The predicted octanol–water partition coefficient (Wildman–Crippen LogP) is 11.1. The maximum atomic E-state index is 3.98. The zero-order chi connectivity index (χ0) is 29.2. The van der Waals surface area contributed by atoms with Crippen LogP contribution < -0.4 is 0 Å². The fourth-order valence-corrected chi connectivity index (χ4v) is 6.80. The van der Waals surface area contributed by atoms with Gasteiger partial charge in [0.05, 0.1) is 0 Å². The van der Waals surface area contributed by atoms with Gasteiger partial charge in [-0.2, -0.15) is 0 Å². The van der Waals surface area contributed by atoms with Gasteiger partial charge >= 0.3 is 0 Å². The molecule has 0 bridgehead atoms. The summed E-state index contributed by atoms with van der Waals surface area (Å²) < 4.78 is 0. The van der Waals surface area contributed by atoms with Crippen molar-refractivity contribution in [1.82, 2.24) is 0 Å². The van der Waals surface area contributed by atoms with Gasteiger partial charge < -0.3 is 0 Å². The van der Waals surface area contributed by atoms with Crippen LogP contribution in [0.15, 0.2) is 159 Å². The van der Waals surface area contributed by atoms with Crippen molar-refractivity contribution in [2.75, 3.05) is 0 Å². The highest BCUT2D eigenvalue weighted by molar-refractivity contribution is 5.86. The van der Waals surface area contributed by atoms with Crippen molar-refractivity contribution in [2.24, 2.45) is 0 Å². The summed E-state index contributed by atoms with van der Waals surface area (Å²) in [5.74, 6) is 0.